The average molecular weight is 653 g/mol. The molecule has 0 unspecified atom stereocenters. The lowest BCUT2D eigenvalue weighted by molar-refractivity contribution is -0.130. The van der Waals surface area contributed by atoms with Gasteiger partial charge in [0.2, 0.25) is 5.91 Å². The zero-order chi connectivity index (χ0) is 33.5. The van der Waals surface area contributed by atoms with Gasteiger partial charge < -0.3 is 29.7 Å². The largest absolute Gasteiger partial charge is 0.434 e. The van der Waals surface area contributed by atoms with Crippen molar-refractivity contribution in [3.63, 3.8) is 0 Å². The van der Waals surface area contributed by atoms with Crippen LogP contribution < -0.4 is 15.4 Å². The number of fused-ring (bicyclic) bond motifs is 1. The average Bonchev–Trinajstić information content (AvgIpc) is 3.56. The second kappa shape index (κ2) is 13.0. The fraction of sp³-hybridized carbons (Fsp3) is 0.417. The number of benzene rings is 2. The third-order valence-electron chi connectivity index (χ3n) is 9.54. The molecule has 0 bridgehead atoms. The van der Waals surface area contributed by atoms with Crippen molar-refractivity contribution >= 4 is 28.5 Å². The minimum Gasteiger partial charge on any atom is -0.434 e. The topological polar surface area (TPSA) is 123 Å². The standard InChI is InChI=1S/C36H41FN8O3/c1-4-44(22(2)3)36(47)30-14-26(37)9-12-32(30)48-35-34(39-21-40-41-35)43-18-24-16-42(17-25(24)19-43)33(46)15-27(38)13-23-20-45(28-10-11-28)31-8-6-5-7-29(23)31/h5-9,12,14,20-22,27-28H,4,10-11,13,15-19,38H2,1-3H3/t27-/m1/s1. The monoisotopic (exact) mass is 652 g/mol. The Labute approximate surface area is 279 Å². The van der Waals surface area contributed by atoms with Crippen LogP contribution in [0.4, 0.5) is 10.2 Å². The van der Waals surface area contributed by atoms with Crippen molar-refractivity contribution in [3.8, 4) is 11.6 Å². The number of hydrogen-bond donors (Lipinski definition) is 1. The molecular weight excluding hydrogens is 611 g/mol. The Balaban J connectivity index is 0.988. The van der Waals surface area contributed by atoms with Crippen molar-refractivity contribution in [2.24, 2.45) is 5.73 Å². The van der Waals surface area contributed by atoms with Crippen molar-refractivity contribution in [2.45, 2.75) is 64.6 Å². The number of aromatic nitrogens is 4. The van der Waals surface area contributed by atoms with Crippen LogP contribution in [0, 0.1) is 5.82 Å². The van der Waals surface area contributed by atoms with Crippen LogP contribution in [0.3, 0.4) is 0 Å². The fourth-order valence-electron chi connectivity index (χ4n) is 7.01. The molecule has 7 rings (SSSR count). The molecule has 2 N–H and O–H groups in total. The van der Waals surface area contributed by atoms with E-state index in [0.29, 0.717) is 51.0 Å². The Kier molecular flexibility index (Phi) is 8.59. The molecule has 0 spiro atoms. The van der Waals surface area contributed by atoms with Crippen LogP contribution in [-0.4, -0.2) is 86.2 Å². The van der Waals surface area contributed by atoms with Gasteiger partial charge in [-0.25, -0.2) is 9.37 Å². The molecule has 2 aromatic carbocycles. The number of nitrogens with zero attached hydrogens (tertiary/aromatic N) is 7. The summed E-state index contributed by atoms with van der Waals surface area (Å²) in [4.78, 5) is 36.7. The SMILES string of the molecule is CCN(C(=O)c1cc(F)ccc1Oc1nncnc1N1CC2=C(CN(C(=O)C[C@H](N)Cc3cn(C4CC4)c4ccccc34)C2)C1)C(C)C. The zero-order valence-corrected chi connectivity index (χ0v) is 27.6. The Morgan fingerprint density at radius 1 is 1.08 bits per heavy atom. The summed E-state index contributed by atoms with van der Waals surface area (Å²) < 4.78 is 22.8. The van der Waals surface area contributed by atoms with Crippen molar-refractivity contribution < 1.29 is 18.7 Å². The van der Waals surface area contributed by atoms with Crippen molar-refractivity contribution in [2.75, 3.05) is 37.6 Å². The first-order valence-electron chi connectivity index (χ1n) is 16.7. The summed E-state index contributed by atoms with van der Waals surface area (Å²) in [6, 6.07) is 12.5. The lowest BCUT2D eigenvalue weighted by atomic mass is 10.0. The van der Waals surface area contributed by atoms with Gasteiger partial charge in [-0.05, 0) is 81.0 Å². The van der Waals surface area contributed by atoms with Gasteiger partial charge >= 0.3 is 0 Å². The fourth-order valence-corrected chi connectivity index (χ4v) is 7.01. The number of ether oxygens (including phenoxy) is 1. The second-order valence-corrected chi connectivity index (χ2v) is 13.3. The second-order valence-electron chi connectivity index (χ2n) is 13.3. The van der Waals surface area contributed by atoms with Crippen LogP contribution in [0.25, 0.3) is 10.9 Å². The van der Waals surface area contributed by atoms with Gasteiger partial charge in [0, 0.05) is 74.4 Å². The van der Waals surface area contributed by atoms with Gasteiger partial charge in [-0.1, -0.05) is 18.2 Å². The van der Waals surface area contributed by atoms with Gasteiger partial charge in [-0.15, -0.1) is 10.2 Å². The van der Waals surface area contributed by atoms with E-state index < -0.39 is 5.82 Å². The Bertz CT molecular complexity index is 1880. The van der Waals surface area contributed by atoms with Crippen LogP contribution in [0.5, 0.6) is 11.6 Å². The summed E-state index contributed by atoms with van der Waals surface area (Å²) in [6.07, 6.45) is 6.93. The van der Waals surface area contributed by atoms with E-state index in [4.69, 9.17) is 10.5 Å². The number of nitrogens with two attached hydrogens (primary N) is 1. The van der Waals surface area contributed by atoms with E-state index in [2.05, 4.69) is 50.2 Å². The van der Waals surface area contributed by atoms with Gasteiger partial charge in [-0.3, -0.25) is 9.59 Å². The number of rotatable bonds is 11. The van der Waals surface area contributed by atoms with Crippen molar-refractivity contribution in [1.82, 2.24) is 29.5 Å². The number of hydrogen-bond acceptors (Lipinski definition) is 8. The minimum absolute atomic E-state index is 0.0538. The normalized spacial score (nSPS) is 16.6. The Morgan fingerprint density at radius 2 is 1.83 bits per heavy atom. The predicted octanol–water partition coefficient (Wildman–Crippen LogP) is 4.88. The van der Waals surface area contributed by atoms with Gasteiger partial charge in [0.25, 0.3) is 11.8 Å². The summed E-state index contributed by atoms with van der Waals surface area (Å²) in [5.41, 5.74) is 11.4. The third-order valence-corrected chi connectivity index (χ3v) is 9.54. The van der Waals surface area contributed by atoms with Gasteiger partial charge in [-0.2, -0.15) is 0 Å². The van der Waals surface area contributed by atoms with E-state index in [1.165, 1.54) is 53.8 Å². The smallest absolute Gasteiger partial charge is 0.282 e. The van der Waals surface area contributed by atoms with Gasteiger partial charge in [0.15, 0.2) is 5.82 Å². The predicted molar refractivity (Wildman–Crippen MR) is 180 cm³/mol. The quantitative estimate of drug-likeness (QED) is 0.228. The van der Waals surface area contributed by atoms with E-state index in [-0.39, 0.29) is 47.5 Å². The molecule has 11 nitrogen and oxygen atoms in total. The molecule has 48 heavy (non-hydrogen) atoms. The number of carbonyl (C=O) groups is 2. The van der Waals surface area contributed by atoms with Crippen LogP contribution in [-0.2, 0) is 11.2 Å². The first-order chi connectivity index (χ1) is 23.2. The molecule has 4 heterocycles. The first kappa shape index (κ1) is 31.7. The van der Waals surface area contributed by atoms with Crippen LogP contribution in [0.2, 0.25) is 0 Å². The van der Waals surface area contributed by atoms with E-state index in [1.807, 2.05) is 30.6 Å². The van der Waals surface area contributed by atoms with Gasteiger partial charge in [0.1, 0.15) is 17.9 Å². The van der Waals surface area contributed by atoms with E-state index in [0.717, 1.165) is 11.1 Å². The lowest BCUT2D eigenvalue weighted by Crippen LogP contribution is -2.38. The number of carbonyl (C=O) groups excluding carboxylic acids is 2. The third kappa shape index (κ3) is 6.24. The van der Waals surface area contributed by atoms with Crippen molar-refractivity contribution in [1.29, 1.82) is 0 Å². The lowest BCUT2D eigenvalue weighted by Gasteiger charge is -2.26. The molecule has 1 saturated carbocycles. The minimum atomic E-state index is -0.538. The first-order valence-corrected chi connectivity index (χ1v) is 16.7. The summed E-state index contributed by atoms with van der Waals surface area (Å²) in [7, 11) is 0. The van der Waals surface area contributed by atoms with Gasteiger partial charge in [0.05, 0.1) is 5.56 Å². The molecule has 1 atom stereocenters. The molecule has 12 heteroatoms. The van der Waals surface area contributed by atoms with Crippen molar-refractivity contribution in [3.05, 3.63) is 83.1 Å². The molecular formula is C36H41FN8O3. The summed E-state index contributed by atoms with van der Waals surface area (Å²) in [5, 5.41) is 9.32. The van der Waals surface area contributed by atoms with E-state index in [9.17, 15) is 14.0 Å². The van der Waals surface area contributed by atoms with Crippen LogP contribution in [0.1, 0.15) is 62.0 Å². The molecule has 1 fully saturated rings. The van der Waals surface area contributed by atoms with E-state index in [1.54, 1.807) is 4.90 Å². The van der Waals surface area contributed by atoms with E-state index >= 15 is 0 Å². The number of amides is 2. The summed E-state index contributed by atoms with van der Waals surface area (Å²) in [5.74, 6) is -0.0642. The zero-order valence-electron chi connectivity index (χ0n) is 27.6. The highest BCUT2D eigenvalue weighted by molar-refractivity contribution is 5.97. The molecule has 2 amide bonds. The molecule has 250 valence electrons. The maximum absolute atomic E-state index is 14.3. The Hall–Kier alpha value is -4.84. The molecule has 1 aliphatic carbocycles. The summed E-state index contributed by atoms with van der Waals surface area (Å²) >= 11 is 0. The highest BCUT2D eigenvalue weighted by Crippen LogP contribution is 2.39. The molecule has 0 saturated heterocycles. The molecule has 4 aromatic rings. The molecule has 3 aliphatic rings. The number of anilines is 1. The highest BCUT2D eigenvalue weighted by atomic mass is 19.1. The molecule has 2 aliphatic heterocycles. The maximum Gasteiger partial charge on any atom is 0.282 e. The maximum atomic E-state index is 14.3. The Morgan fingerprint density at radius 3 is 2.54 bits per heavy atom. The molecule has 0 radical (unpaired) electrons. The van der Waals surface area contributed by atoms with Crippen LogP contribution >= 0.6 is 0 Å². The highest BCUT2D eigenvalue weighted by Gasteiger charge is 2.35. The molecule has 2 aromatic heterocycles. The van der Waals surface area contributed by atoms with Crippen LogP contribution in [0.15, 0.2) is 66.1 Å². The number of para-hydroxylation sites is 1. The summed E-state index contributed by atoms with van der Waals surface area (Å²) in [6.45, 7) is 8.32. The number of halogens is 1.